The number of hydrogen-bond acceptors (Lipinski definition) is 4. The minimum atomic E-state index is -0.347. The number of nitrogens with one attached hydrogen (secondary N) is 1. The summed E-state index contributed by atoms with van der Waals surface area (Å²) in [4.78, 5) is 23.2. The Morgan fingerprint density at radius 1 is 0.710 bits per heavy atom. The highest BCUT2D eigenvalue weighted by Crippen LogP contribution is 2.14. The molecule has 1 rings (SSSR count). The highest BCUT2D eigenvalue weighted by Gasteiger charge is 2.09. The molecule has 0 atom stereocenters. The summed E-state index contributed by atoms with van der Waals surface area (Å²) in [6.07, 6.45) is 19.5. The molecular formula is C27H45NO3. The van der Waals surface area contributed by atoms with Crippen LogP contribution in [0.25, 0.3) is 0 Å². The molecule has 0 heterocycles. The third-order valence-electron chi connectivity index (χ3n) is 5.85. The summed E-state index contributed by atoms with van der Waals surface area (Å²) in [6.45, 7) is 3.24. The van der Waals surface area contributed by atoms with Gasteiger partial charge in [0.2, 0.25) is 0 Å². The molecule has 0 bridgehead atoms. The maximum atomic E-state index is 12.1. The van der Waals surface area contributed by atoms with Crippen molar-refractivity contribution < 1.29 is 14.3 Å². The SMILES string of the molecule is CCCCCCCCCCCCCCCCNc1ccc(C(=O)CCC(=O)OC)cc1. The second kappa shape index (κ2) is 18.9. The van der Waals surface area contributed by atoms with Crippen molar-refractivity contribution in [2.24, 2.45) is 0 Å². The summed E-state index contributed by atoms with van der Waals surface area (Å²) >= 11 is 0. The molecule has 0 fully saturated rings. The van der Waals surface area contributed by atoms with Gasteiger partial charge in [-0.3, -0.25) is 9.59 Å². The average Bonchev–Trinajstić information content (AvgIpc) is 2.80. The second-order valence-electron chi connectivity index (χ2n) is 8.60. The first-order valence-electron chi connectivity index (χ1n) is 12.6. The summed E-state index contributed by atoms with van der Waals surface area (Å²) in [6, 6.07) is 7.53. The van der Waals surface area contributed by atoms with Gasteiger partial charge < -0.3 is 10.1 Å². The molecule has 4 nitrogen and oxygen atoms in total. The van der Waals surface area contributed by atoms with E-state index in [0.29, 0.717) is 5.56 Å². The lowest BCUT2D eigenvalue weighted by atomic mass is 10.0. The number of hydrogen-bond donors (Lipinski definition) is 1. The zero-order valence-corrected chi connectivity index (χ0v) is 20.1. The summed E-state index contributed by atoms with van der Waals surface area (Å²) in [5.74, 6) is -0.372. The van der Waals surface area contributed by atoms with Crippen molar-refractivity contribution in [3.63, 3.8) is 0 Å². The van der Waals surface area contributed by atoms with Crippen LogP contribution in [-0.2, 0) is 9.53 Å². The molecule has 1 N–H and O–H groups in total. The van der Waals surface area contributed by atoms with Crippen molar-refractivity contribution >= 4 is 17.4 Å². The standard InChI is InChI=1S/C27H45NO3/c1-3-4-5-6-7-8-9-10-11-12-13-14-15-16-23-28-25-19-17-24(18-20-25)26(29)21-22-27(30)31-2/h17-20,28H,3-16,21-23H2,1-2H3. The van der Waals surface area contributed by atoms with E-state index in [1.807, 2.05) is 24.3 Å². The number of ketones is 1. The molecule has 0 radical (unpaired) electrons. The molecule has 4 heteroatoms. The van der Waals surface area contributed by atoms with Gasteiger partial charge in [-0.25, -0.2) is 0 Å². The van der Waals surface area contributed by atoms with E-state index < -0.39 is 0 Å². The second-order valence-corrected chi connectivity index (χ2v) is 8.60. The van der Waals surface area contributed by atoms with Gasteiger partial charge in [0, 0.05) is 24.2 Å². The molecule has 0 aromatic heterocycles. The first-order valence-corrected chi connectivity index (χ1v) is 12.6. The molecule has 1 aromatic carbocycles. The fraction of sp³-hybridized carbons (Fsp3) is 0.704. The van der Waals surface area contributed by atoms with Crippen molar-refractivity contribution in [3.05, 3.63) is 29.8 Å². The lowest BCUT2D eigenvalue weighted by Crippen LogP contribution is -2.06. The van der Waals surface area contributed by atoms with Crippen molar-refractivity contribution in [3.8, 4) is 0 Å². The smallest absolute Gasteiger partial charge is 0.305 e. The summed E-state index contributed by atoms with van der Waals surface area (Å²) in [5.41, 5.74) is 1.69. The largest absolute Gasteiger partial charge is 0.469 e. The van der Waals surface area contributed by atoms with E-state index >= 15 is 0 Å². The fourth-order valence-corrected chi connectivity index (χ4v) is 3.79. The van der Waals surface area contributed by atoms with Crippen LogP contribution in [0.4, 0.5) is 5.69 Å². The quantitative estimate of drug-likeness (QED) is 0.130. The maximum Gasteiger partial charge on any atom is 0.305 e. The average molecular weight is 432 g/mol. The third-order valence-corrected chi connectivity index (χ3v) is 5.85. The minimum Gasteiger partial charge on any atom is -0.469 e. The summed E-state index contributed by atoms with van der Waals surface area (Å²) in [7, 11) is 1.34. The third kappa shape index (κ3) is 14.7. The van der Waals surface area contributed by atoms with Gasteiger partial charge in [0.05, 0.1) is 13.5 Å². The highest BCUT2D eigenvalue weighted by atomic mass is 16.5. The van der Waals surface area contributed by atoms with Crippen molar-refractivity contribution in [2.75, 3.05) is 19.0 Å². The Morgan fingerprint density at radius 2 is 1.19 bits per heavy atom. The van der Waals surface area contributed by atoms with Gasteiger partial charge in [-0.1, -0.05) is 90.4 Å². The predicted molar refractivity (Wildman–Crippen MR) is 131 cm³/mol. The highest BCUT2D eigenvalue weighted by molar-refractivity contribution is 5.97. The van der Waals surface area contributed by atoms with E-state index in [-0.39, 0.29) is 24.6 Å². The number of Topliss-reactive ketones (excluding diaryl/α,β-unsaturated/α-hetero) is 1. The van der Waals surface area contributed by atoms with Crippen molar-refractivity contribution in [1.82, 2.24) is 0 Å². The molecule has 0 saturated carbocycles. The van der Waals surface area contributed by atoms with Crippen LogP contribution in [-0.4, -0.2) is 25.4 Å². The summed E-state index contributed by atoms with van der Waals surface area (Å²) < 4.78 is 4.57. The van der Waals surface area contributed by atoms with Crippen LogP contribution in [0.5, 0.6) is 0 Å². The molecule has 0 aliphatic carbocycles. The number of carbonyl (C=O) groups excluding carboxylic acids is 2. The number of ether oxygens (including phenoxy) is 1. The molecule has 0 amide bonds. The normalized spacial score (nSPS) is 10.8. The molecule has 0 aliphatic heterocycles. The van der Waals surface area contributed by atoms with Gasteiger partial charge in [0.15, 0.2) is 5.78 Å². The van der Waals surface area contributed by atoms with Crippen LogP contribution in [0.3, 0.4) is 0 Å². The number of methoxy groups -OCH3 is 1. The maximum absolute atomic E-state index is 12.1. The lowest BCUT2D eigenvalue weighted by molar-refractivity contribution is -0.140. The van der Waals surface area contributed by atoms with Crippen LogP contribution in [0.1, 0.15) is 120 Å². The molecule has 176 valence electrons. The van der Waals surface area contributed by atoms with Gasteiger partial charge in [-0.05, 0) is 30.7 Å². The molecule has 31 heavy (non-hydrogen) atoms. The predicted octanol–water partition coefficient (Wildman–Crippen LogP) is 7.72. The zero-order chi connectivity index (χ0) is 22.6. The Hall–Kier alpha value is -1.84. The number of rotatable bonds is 20. The van der Waals surface area contributed by atoms with Crippen LogP contribution in [0.2, 0.25) is 0 Å². The monoisotopic (exact) mass is 431 g/mol. The number of carbonyl (C=O) groups is 2. The van der Waals surface area contributed by atoms with E-state index in [1.54, 1.807) is 0 Å². The van der Waals surface area contributed by atoms with Crippen LogP contribution in [0, 0.1) is 0 Å². The van der Waals surface area contributed by atoms with E-state index in [1.165, 1.54) is 97.0 Å². The lowest BCUT2D eigenvalue weighted by Gasteiger charge is -2.07. The Morgan fingerprint density at radius 3 is 1.68 bits per heavy atom. The van der Waals surface area contributed by atoms with Gasteiger partial charge in [-0.15, -0.1) is 0 Å². The number of anilines is 1. The van der Waals surface area contributed by atoms with Gasteiger partial charge in [0.1, 0.15) is 0 Å². The van der Waals surface area contributed by atoms with E-state index in [4.69, 9.17) is 0 Å². The molecule has 0 unspecified atom stereocenters. The fourth-order valence-electron chi connectivity index (χ4n) is 3.79. The number of benzene rings is 1. The minimum absolute atomic E-state index is 0.0241. The Bertz CT molecular complexity index is 583. The van der Waals surface area contributed by atoms with Crippen molar-refractivity contribution in [2.45, 2.75) is 110 Å². The van der Waals surface area contributed by atoms with Gasteiger partial charge in [0.25, 0.3) is 0 Å². The number of esters is 1. The van der Waals surface area contributed by atoms with Gasteiger partial charge >= 0.3 is 5.97 Å². The molecule has 0 aliphatic rings. The Kier molecular flexibility index (Phi) is 16.6. The molecule has 0 saturated heterocycles. The van der Waals surface area contributed by atoms with Gasteiger partial charge in [-0.2, -0.15) is 0 Å². The van der Waals surface area contributed by atoms with Crippen molar-refractivity contribution in [1.29, 1.82) is 0 Å². The first kappa shape index (κ1) is 27.2. The Labute approximate surface area is 190 Å². The number of unbranched alkanes of at least 4 members (excludes halogenated alkanes) is 13. The molecular weight excluding hydrogens is 386 g/mol. The topological polar surface area (TPSA) is 55.4 Å². The zero-order valence-electron chi connectivity index (χ0n) is 20.1. The summed E-state index contributed by atoms with van der Waals surface area (Å²) in [5, 5.41) is 3.43. The molecule has 0 spiro atoms. The Balaban J connectivity index is 1.95. The first-order chi connectivity index (χ1) is 15.2. The van der Waals surface area contributed by atoms with Crippen LogP contribution >= 0.6 is 0 Å². The van der Waals surface area contributed by atoms with E-state index in [0.717, 1.165) is 12.2 Å². The van der Waals surface area contributed by atoms with Crippen LogP contribution in [0.15, 0.2) is 24.3 Å². The van der Waals surface area contributed by atoms with Crippen LogP contribution < -0.4 is 5.32 Å². The van der Waals surface area contributed by atoms with E-state index in [2.05, 4.69) is 17.0 Å². The van der Waals surface area contributed by atoms with E-state index in [9.17, 15) is 9.59 Å². The molecule has 1 aromatic rings.